The second-order valence-electron chi connectivity index (χ2n) is 6.42. The van der Waals surface area contributed by atoms with Crippen LogP contribution in [0.25, 0.3) is 0 Å². The Morgan fingerprint density at radius 2 is 1.72 bits per heavy atom. The molecule has 0 saturated carbocycles. The fourth-order valence-corrected chi connectivity index (χ4v) is 2.01. The lowest BCUT2D eigenvalue weighted by Gasteiger charge is -2.21. The first-order valence-corrected chi connectivity index (χ1v) is 7.47. The molecule has 0 aliphatic carbocycles. The van der Waals surface area contributed by atoms with Crippen LogP contribution in [0.5, 0.6) is 0 Å². The lowest BCUT2D eigenvalue weighted by molar-refractivity contribution is 0.303. The maximum Gasteiger partial charge on any atom is 0.0187 e. The summed E-state index contributed by atoms with van der Waals surface area (Å²) in [6, 6.07) is 0. The average molecular weight is 254 g/mol. The molecule has 1 N–H and O–H groups in total. The molecule has 0 aliphatic rings. The van der Waals surface area contributed by atoms with Crippen LogP contribution in [0.2, 0.25) is 0 Å². The van der Waals surface area contributed by atoms with Crippen molar-refractivity contribution in [3.63, 3.8) is 0 Å². The summed E-state index contributed by atoms with van der Waals surface area (Å²) in [6.45, 7) is 19.6. The first kappa shape index (κ1) is 17.7. The van der Waals surface area contributed by atoms with Crippen LogP contribution in [-0.2, 0) is 0 Å². The van der Waals surface area contributed by atoms with Gasteiger partial charge in [0, 0.05) is 12.1 Å². The molecule has 0 heterocycles. The van der Waals surface area contributed by atoms with E-state index in [9.17, 15) is 0 Å². The SMILES string of the molecule is C=C(C)CN(CC)CCCCCCNC(C)(C)C. The largest absolute Gasteiger partial charge is 0.312 e. The van der Waals surface area contributed by atoms with Crippen molar-refractivity contribution in [3.8, 4) is 0 Å². The molecule has 0 fully saturated rings. The summed E-state index contributed by atoms with van der Waals surface area (Å²) in [5.74, 6) is 0. The Balaban J connectivity index is 3.41. The molecule has 0 rings (SSSR count). The smallest absolute Gasteiger partial charge is 0.0187 e. The van der Waals surface area contributed by atoms with Gasteiger partial charge in [-0.3, -0.25) is 4.90 Å². The van der Waals surface area contributed by atoms with Crippen molar-refractivity contribution in [1.82, 2.24) is 10.2 Å². The van der Waals surface area contributed by atoms with Gasteiger partial charge in [0.25, 0.3) is 0 Å². The molecule has 0 bridgehead atoms. The van der Waals surface area contributed by atoms with E-state index in [1.165, 1.54) is 37.8 Å². The normalized spacial score (nSPS) is 12.1. The molecule has 0 saturated heterocycles. The summed E-state index contributed by atoms with van der Waals surface area (Å²) < 4.78 is 0. The lowest BCUT2D eigenvalue weighted by Crippen LogP contribution is -2.36. The molecule has 2 heteroatoms. The number of likely N-dealkylation sites (N-methyl/N-ethyl adjacent to an activating group) is 1. The highest BCUT2D eigenvalue weighted by Gasteiger charge is 2.07. The summed E-state index contributed by atoms with van der Waals surface area (Å²) in [4.78, 5) is 2.48. The molecule has 0 spiro atoms. The number of nitrogens with one attached hydrogen (secondary N) is 1. The van der Waals surface area contributed by atoms with Crippen LogP contribution < -0.4 is 5.32 Å². The van der Waals surface area contributed by atoms with E-state index in [1.54, 1.807) is 0 Å². The van der Waals surface area contributed by atoms with Crippen molar-refractivity contribution < 1.29 is 0 Å². The van der Waals surface area contributed by atoms with E-state index in [1.807, 2.05) is 0 Å². The van der Waals surface area contributed by atoms with E-state index in [2.05, 4.69) is 51.4 Å². The quantitative estimate of drug-likeness (QED) is 0.471. The Bertz CT molecular complexity index is 216. The molecule has 18 heavy (non-hydrogen) atoms. The van der Waals surface area contributed by atoms with Crippen LogP contribution in [0, 0.1) is 0 Å². The zero-order chi connectivity index (χ0) is 14.0. The molecule has 108 valence electrons. The van der Waals surface area contributed by atoms with Crippen LogP contribution in [0.15, 0.2) is 12.2 Å². The van der Waals surface area contributed by atoms with Crippen LogP contribution in [0.4, 0.5) is 0 Å². The molecule has 0 amide bonds. The van der Waals surface area contributed by atoms with Crippen molar-refractivity contribution in [2.45, 2.75) is 65.8 Å². The topological polar surface area (TPSA) is 15.3 Å². The molecular formula is C16H34N2. The van der Waals surface area contributed by atoms with Gasteiger partial charge in [0.2, 0.25) is 0 Å². The van der Waals surface area contributed by atoms with Gasteiger partial charge in [-0.25, -0.2) is 0 Å². The zero-order valence-electron chi connectivity index (χ0n) is 13.3. The van der Waals surface area contributed by atoms with Crippen LogP contribution in [0.1, 0.15) is 60.3 Å². The summed E-state index contributed by atoms with van der Waals surface area (Å²) in [6.07, 6.45) is 5.30. The van der Waals surface area contributed by atoms with Gasteiger partial charge in [-0.15, -0.1) is 0 Å². The first-order valence-electron chi connectivity index (χ1n) is 7.47. The van der Waals surface area contributed by atoms with E-state index >= 15 is 0 Å². The summed E-state index contributed by atoms with van der Waals surface area (Å²) in [5, 5.41) is 3.54. The standard InChI is InChI=1S/C16H34N2/c1-7-18(14-15(2)3)13-11-9-8-10-12-17-16(4,5)6/h17H,2,7-14H2,1,3-6H3. The predicted octanol–water partition coefficient (Wildman–Crippen LogP) is 3.83. The Morgan fingerprint density at radius 1 is 1.11 bits per heavy atom. The number of nitrogens with zero attached hydrogens (tertiary/aromatic N) is 1. The summed E-state index contributed by atoms with van der Waals surface area (Å²) in [5.41, 5.74) is 1.53. The third-order valence-corrected chi connectivity index (χ3v) is 3.00. The Morgan fingerprint density at radius 3 is 2.22 bits per heavy atom. The Kier molecular flexibility index (Phi) is 9.39. The second-order valence-corrected chi connectivity index (χ2v) is 6.42. The molecule has 0 atom stereocenters. The highest BCUT2D eigenvalue weighted by Crippen LogP contribution is 2.04. The molecule has 0 aromatic heterocycles. The molecule has 0 radical (unpaired) electrons. The minimum atomic E-state index is 0.264. The second kappa shape index (κ2) is 9.57. The minimum absolute atomic E-state index is 0.264. The van der Waals surface area contributed by atoms with Crippen molar-refractivity contribution >= 4 is 0 Å². The van der Waals surface area contributed by atoms with Gasteiger partial charge >= 0.3 is 0 Å². The summed E-state index contributed by atoms with van der Waals surface area (Å²) in [7, 11) is 0. The van der Waals surface area contributed by atoms with Gasteiger partial charge in [0.15, 0.2) is 0 Å². The molecule has 0 aromatic rings. The van der Waals surface area contributed by atoms with Crippen molar-refractivity contribution in [2.75, 3.05) is 26.2 Å². The monoisotopic (exact) mass is 254 g/mol. The van der Waals surface area contributed by atoms with E-state index in [0.29, 0.717) is 0 Å². The van der Waals surface area contributed by atoms with Crippen LogP contribution in [-0.4, -0.2) is 36.6 Å². The van der Waals surface area contributed by atoms with Crippen LogP contribution in [0.3, 0.4) is 0 Å². The van der Waals surface area contributed by atoms with E-state index in [0.717, 1.165) is 19.6 Å². The fourth-order valence-electron chi connectivity index (χ4n) is 2.01. The highest BCUT2D eigenvalue weighted by atomic mass is 15.1. The maximum absolute atomic E-state index is 3.98. The van der Waals surface area contributed by atoms with Gasteiger partial charge in [-0.2, -0.15) is 0 Å². The van der Waals surface area contributed by atoms with Crippen molar-refractivity contribution in [3.05, 3.63) is 12.2 Å². The fraction of sp³-hybridized carbons (Fsp3) is 0.875. The number of hydrogen-bond donors (Lipinski definition) is 1. The average Bonchev–Trinajstić information content (AvgIpc) is 2.24. The Labute approximate surface area is 115 Å². The lowest BCUT2D eigenvalue weighted by atomic mass is 10.1. The van der Waals surface area contributed by atoms with Gasteiger partial charge < -0.3 is 5.32 Å². The highest BCUT2D eigenvalue weighted by molar-refractivity contribution is 4.91. The number of unbranched alkanes of at least 4 members (excludes halogenated alkanes) is 3. The van der Waals surface area contributed by atoms with Gasteiger partial charge in [0.1, 0.15) is 0 Å². The zero-order valence-corrected chi connectivity index (χ0v) is 13.3. The van der Waals surface area contributed by atoms with Crippen molar-refractivity contribution in [1.29, 1.82) is 0 Å². The third-order valence-electron chi connectivity index (χ3n) is 3.00. The van der Waals surface area contributed by atoms with Gasteiger partial charge in [0.05, 0.1) is 0 Å². The van der Waals surface area contributed by atoms with E-state index in [-0.39, 0.29) is 5.54 Å². The van der Waals surface area contributed by atoms with Gasteiger partial charge in [-0.05, 0) is 60.2 Å². The first-order chi connectivity index (χ1) is 8.35. The van der Waals surface area contributed by atoms with E-state index < -0.39 is 0 Å². The van der Waals surface area contributed by atoms with Crippen LogP contribution >= 0.6 is 0 Å². The molecule has 0 aromatic carbocycles. The number of rotatable bonds is 10. The predicted molar refractivity (Wildman–Crippen MR) is 83.2 cm³/mol. The Hall–Kier alpha value is -0.340. The van der Waals surface area contributed by atoms with E-state index in [4.69, 9.17) is 0 Å². The molecule has 0 unspecified atom stereocenters. The third kappa shape index (κ3) is 12.1. The number of hydrogen-bond acceptors (Lipinski definition) is 2. The molecule has 2 nitrogen and oxygen atoms in total. The molecule has 0 aliphatic heterocycles. The minimum Gasteiger partial charge on any atom is -0.312 e. The maximum atomic E-state index is 3.98. The van der Waals surface area contributed by atoms with Gasteiger partial charge in [-0.1, -0.05) is 31.9 Å². The molecular weight excluding hydrogens is 220 g/mol. The van der Waals surface area contributed by atoms with Crippen molar-refractivity contribution in [2.24, 2.45) is 0 Å². The summed E-state index contributed by atoms with van der Waals surface area (Å²) >= 11 is 0.